The summed E-state index contributed by atoms with van der Waals surface area (Å²) in [5, 5.41) is 19.3. The molecule has 0 saturated carbocycles. The smallest absolute Gasteiger partial charge is 0.198 e. The Kier molecular flexibility index (Phi) is 8.39. The molecule has 0 bridgehead atoms. The second-order valence-electron chi connectivity index (χ2n) is 6.42. The largest absolute Gasteiger partial charge is 0.381 e. The van der Waals surface area contributed by atoms with E-state index in [1.54, 1.807) is 0 Å². The molecule has 0 unspecified atom stereocenters. The zero-order valence-electron chi connectivity index (χ0n) is 15.3. The molecular formula is C19H26IN7. The van der Waals surface area contributed by atoms with E-state index in [9.17, 15) is 0 Å². The van der Waals surface area contributed by atoms with Gasteiger partial charge in [-0.3, -0.25) is 10.1 Å². The van der Waals surface area contributed by atoms with Gasteiger partial charge in [-0.15, -0.1) is 24.0 Å². The molecule has 144 valence electrons. The number of aliphatic imine (C=N–C) groups is 1. The first-order valence-electron chi connectivity index (χ1n) is 9.12. The van der Waals surface area contributed by atoms with Crippen LogP contribution in [0.2, 0.25) is 0 Å². The van der Waals surface area contributed by atoms with Gasteiger partial charge in [0.05, 0.1) is 5.69 Å². The maximum absolute atomic E-state index is 9.13. The van der Waals surface area contributed by atoms with Crippen LogP contribution in [0.5, 0.6) is 0 Å². The first-order valence-corrected chi connectivity index (χ1v) is 9.12. The van der Waals surface area contributed by atoms with E-state index in [0.29, 0.717) is 18.5 Å². The maximum Gasteiger partial charge on any atom is 0.198 e. The summed E-state index contributed by atoms with van der Waals surface area (Å²) in [4.78, 5) is 7.13. The van der Waals surface area contributed by atoms with Crippen molar-refractivity contribution in [1.82, 2.24) is 15.1 Å². The van der Waals surface area contributed by atoms with Gasteiger partial charge in [-0.05, 0) is 44.2 Å². The van der Waals surface area contributed by atoms with Gasteiger partial charge in [0.15, 0.2) is 11.8 Å². The van der Waals surface area contributed by atoms with E-state index in [1.807, 2.05) is 30.3 Å². The highest BCUT2D eigenvalue weighted by Gasteiger charge is 2.15. The molecule has 0 amide bonds. The molecule has 27 heavy (non-hydrogen) atoms. The van der Waals surface area contributed by atoms with Crippen molar-refractivity contribution < 1.29 is 0 Å². The van der Waals surface area contributed by atoms with Crippen LogP contribution in [-0.4, -0.2) is 40.7 Å². The third kappa shape index (κ3) is 5.85. The van der Waals surface area contributed by atoms with Crippen molar-refractivity contribution in [2.45, 2.75) is 32.1 Å². The fourth-order valence-corrected chi connectivity index (χ4v) is 3.12. The van der Waals surface area contributed by atoms with Crippen LogP contribution in [0.15, 0.2) is 35.3 Å². The minimum absolute atomic E-state index is 0. The van der Waals surface area contributed by atoms with Gasteiger partial charge >= 0.3 is 0 Å². The standard InChI is InChI=1S/C19H25N7.HI/c20-14-16-17(24-25-18(16)21)10-7-11-22-19(26-12-5-2-6-13-26)23-15-8-3-1-4-9-15;/h1,3-4,8-9H,2,5-7,10-13H2,(H,22,23)(H3,21,24,25);1H. The Morgan fingerprint density at radius 3 is 2.70 bits per heavy atom. The number of piperidine rings is 1. The van der Waals surface area contributed by atoms with Crippen LogP contribution in [0.4, 0.5) is 11.5 Å². The highest BCUT2D eigenvalue weighted by atomic mass is 127. The lowest BCUT2D eigenvalue weighted by Gasteiger charge is -2.30. The number of para-hydroxylation sites is 1. The number of guanidine groups is 1. The molecule has 8 heteroatoms. The Balaban J connectivity index is 0.00000261. The number of H-pyrrole nitrogens is 1. The molecule has 1 aromatic carbocycles. The van der Waals surface area contributed by atoms with E-state index in [0.717, 1.165) is 36.9 Å². The third-order valence-electron chi connectivity index (χ3n) is 4.51. The monoisotopic (exact) mass is 479 g/mol. The van der Waals surface area contributed by atoms with E-state index >= 15 is 0 Å². The number of hydrogen-bond donors (Lipinski definition) is 3. The Labute approximate surface area is 177 Å². The molecule has 1 aromatic heterocycles. The number of nitrogen functional groups attached to an aromatic ring is 1. The Hall–Kier alpha value is -2.28. The molecule has 7 nitrogen and oxygen atoms in total. The molecule has 4 N–H and O–H groups in total. The van der Waals surface area contributed by atoms with Crippen LogP contribution in [0.3, 0.4) is 0 Å². The molecule has 0 atom stereocenters. The molecular weight excluding hydrogens is 453 g/mol. The van der Waals surface area contributed by atoms with Crippen molar-refractivity contribution in [3.8, 4) is 6.07 Å². The van der Waals surface area contributed by atoms with Crippen LogP contribution in [0.25, 0.3) is 0 Å². The SMILES string of the molecule is I.N#Cc1c(N)n[nH]c1CCCN=C(Nc1ccccc1)N1CCCCC1. The Morgan fingerprint density at radius 2 is 2.00 bits per heavy atom. The van der Waals surface area contributed by atoms with Crippen LogP contribution < -0.4 is 11.1 Å². The zero-order valence-corrected chi connectivity index (χ0v) is 17.6. The lowest BCUT2D eigenvalue weighted by Crippen LogP contribution is -2.40. The number of likely N-dealkylation sites (tertiary alicyclic amines) is 1. The second-order valence-corrected chi connectivity index (χ2v) is 6.42. The van der Waals surface area contributed by atoms with Crippen molar-refractivity contribution in [2.24, 2.45) is 4.99 Å². The summed E-state index contributed by atoms with van der Waals surface area (Å²) in [7, 11) is 0. The normalized spacial score (nSPS) is 14.3. The summed E-state index contributed by atoms with van der Waals surface area (Å²) in [6.07, 6.45) is 5.22. The van der Waals surface area contributed by atoms with Gasteiger partial charge in [0.2, 0.25) is 0 Å². The molecule has 0 spiro atoms. The number of aryl methyl sites for hydroxylation is 1. The molecule has 1 saturated heterocycles. The quantitative estimate of drug-likeness (QED) is 0.264. The number of benzene rings is 1. The van der Waals surface area contributed by atoms with Crippen molar-refractivity contribution in [2.75, 3.05) is 30.7 Å². The summed E-state index contributed by atoms with van der Waals surface area (Å²) < 4.78 is 0. The fourth-order valence-electron chi connectivity index (χ4n) is 3.12. The summed E-state index contributed by atoms with van der Waals surface area (Å²) >= 11 is 0. The first-order chi connectivity index (χ1) is 12.8. The number of aromatic nitrogens is 2. The molecule has 1 aliphatic heterocycles. The van der Waals surface area contributed by atoms with Gasteiger partial charge in [-0.25, -0.2) is 0 Å². The second kappa shape index (κ2) is 10.8. The highest BCUT2D eigenvalue weighted by Crippen LogP contribution is 2.15. The number of anilines is 2. The molecule has 2 heterocycles. The fraction of sp³-hybridized carbons (Fsp3) is 0.421. The van der Waals surface area contributed by atoms with E-state index in [1.165, 1.54) is 19.3 Å². The number of rotatable bonds is 5. The van der Waals surface area contributed by atoms with Gasteiger partial charge in [0, 0.05) is 25.3 Å². The third-order valence-corrected chi connectivity index (χ3v) is 4.51. The molecule has 3 rings (SSSR count). The van der Waals surface area contributed by atoms with Crippen molar-refractivity contribution in [1.29, 1.82) is 5.26 Å². The van der Waals surface area contributed by atoms with E-state index in [2.05, 4.69) is 26.5 Å². The summed E-state index contributed by atoms with van der Waals surface area (Å²) in [6.45, 7) is 2.75. The summed E-state index contributed by atoms with van der Waals surface area (Å²) in [5.41, 5.74) is 7.96. The van der Waals surface area contributed by atoms with Crippen molar-refractivity contribution >= 4 is 41.4 Å². The predicted octanol–water partition coefficient (Wildman–Crippen LogP) is 3.37. The predicted molar refractivity (Wildman–Crippen MR) is 119 cm³/mol. The lowest BCUT2D eigenvalue weighted by molar-refractivity contribution is 0.340. The van der Waals surface area contributed by atoms with Gasteiger partial charge in [-0.1, -0.05) is 18.2 Å². The zero-order chi connectivity index (χ0) is 18.2. The molecule has 1 aliphatic rings. The van der Waals surface area contributed by atoms with E-state index in [4.69, 9.17) is 16.0 Å². The minimum Gasteiger partial charge on any atom is -0.381 e. The molecule has 2 aromatic rings. The van der Waals surface area contributed by atoms with Crippen LogP contribution in [0, 0.1) is 11.3 Å². The Bertz CT molecular complexity index is 773. The van der Waals surface area contributed by atoms with Crippen LogP contribution in [0.1, 0.15) is 36.9 Å². The molecule has 1 fully saturated rings. The summed E-state index contributed by atoms with van der Waals surface area (Å²) in [6, 6.07) is 12.2. The molecule has 0 radical (unpaired) electrons. The number of nitriles is 1. The average Bonchev–Trinajstić information content (AvgIpc) is 3.05. The first kappa shape index (κ1) is 21.0. The van der Waals surface area contributed by atoms with Crippen molar-refractivity contribution in [3.05, 3.63) is 41.6 Å². The number of nitrogens with zero attached hydrogens (tertiary/aromatic N) is 4. The van der Waals surface area contributed by atoms with Crippen molar-refractivity contribution in [3.63, 3.8) is 0 Å². The van der Waals surface area contributed by atoms with E-state index < -0.39 is 0 Å². The molecule has 0 aliphatic carbocycles. The average molecular weight is 479 g/mol. The van der Waals surface area contributed by atoms with Gasteiger partial charge < -0.3 is 16.0 Å². The maximum atomic E-state index is 9.13. The van der Waals surface area contributed by atoms with Crippen LogP contribution >= 0.6 is 24.0 Å². The topological polar surface area (TPSA) is 106 Å². The number of hydrogen-bond acceptors (Lipinski definition) is 4. The van der Waals surface area contributed by atoms with E-state index in [-0.39, 0.29) is 29.8 Å². The number of halogens is 1. The Morgan fingerprint density at radius 1 is 1.26 bits per heavy atom. The number of nitrogens with two attached hydrogens (primary N) is 1. The van der Waals surface area contributed by atoms with Gasteiger partial charge in [0.25, 0.3) is 0 Å². The number of nitrogens with one attached hydrogen (secondary N) is 2. The van der Waals surface area contributed by atoms with Gasteiger partial charge in [0.1, 0.15) is 11.6 Å². The van der Waals surface area contributed by atoms with Crippen LogP contribution in [-0.2, 0) is 6.42 Å². The summed E-state index contributed by atoms with van der Waals surface area (Å²) in [5.74, 6) is 1.20. The minimum atomic E-state index is 0. The highest BCUT2D eigenvalue weighted by molar-refractivity contribution is 14.0. The van der Waals surface area contributed by atoms with Gasteiger partial charge in [-0.2, -0.15) is 10.4 Å². The number of aromatic amines is 1. The lowest BCUT2D eigenvalue weighted by atomic mass is 10.1.